The SMILES string of the molecule is Cc1ccc(C2CCCN2C(=O)CC(C)(C)C)cc1. The van der Waals surface area contributed by atoms with Crippen LogP contribution in [0.3, 0.4) is 0 Å². The van der Waals surface area contributed by atoms with Crippen LogP contribution < -0.4 is 0 Å². The van der Waals surface area contributed by atoms with Crippen LogP contribution in [0.2, 0.25) is 0 Å². The molecule has 0 spiro atoms. The third-order valence-corrected chi connectivity index (χ3v) is 3.72. The Morgan fingerprint density at radius 1 is 1.26 bits per heavy atom. The molecule has 2 rings (SSSR count). The van der Waals surface area contributed by atoms with E-state index >= 15 is 0 Å². The standard InChI is InChI=1S/C17H25NO/c1-13-7-9-14(10-8-13)15-6-5-11-18(15)16(19)12-17(2,3)4/h7-10,15H,5-6,11-12H2,1-4H3. The predicted octanol–water partition coefficient (Wildman–Crippen LogP) is 4.09. The summed E-state index contributed by atoms with van der Waals surface area (Å²) in [5.74, 6) is 0.301. The van der Waals surface area contributed by atoms with Gasteiger partial charge in [-0.2, -0.15) is 0 Å². The fraction of sp³-hybridized carbons (Fsp3) is 0.588. The van der Waals surface area contributed by atoms with Crippen molar-refractivity contribution in [3.05, 3.63) is 35.4 Å². The average Bonchev–Trinajstić information content (AvgIpc) is 2.76. The minimum atomic E-state index is 0.0670. The Morgan fingerprint density at radius 2 is 1.89 bits per heavy atom. The fourth-order valence-corrected chi connectivity index (χ4v) is 2.76. The number of rotatable bonds is 2. The van der Waals surface area contributed by atoms with Crippen molar-refractivity contribution in [1.29, 1.82) is 0 Å². The molecule has 1 saturated heterocycles. The van der Waals surface area contributed by atoms with Crippen LogP contribution in [0.5, 0.6) is 0 Å². The molecule has 1 aromatic carbocycles. The first-order valence-electron chi connectivity index (χ1n) is 7.23. The van der Waals surface area contributed by atoms with Crippen molar-refractivity contribution in [1.82, 2.24) is 4.90 Å². The predicted molar refractivity (Wildman–Crippen MR) is 78.9 cm³/mol. The van der Waals surface area contributed by atoms with Crippen molar-refractivity contribution in [2.75, 3.05) is 6.54 Å². The van der Waals surface area contributed by atoms with Crippen molar-refractivity contribution < 1.29 is 4.79 Å². The van der Waals surface area contributed by atoms with Gasteiger partial charge in [-0.15, -0.1) is 0 Å². The number of carbonyl (C=O) groups excluding carboxylic acids is 1. The largest absolute Gasteiger partial charge is 0.336 e. The van der Waals surface area contributed by atoms with Crippen molar-refractivity contribution >= 4 is 5.91 Å². The minimum Gasteiger partial charge on any atom is -0.336 e. The Kier molecular flexibility index (Phi) is 3.98. The van der Waals surface area contributed by atoms with Crippen molar-refractivity contribution in [3.8, 4) is 0 Å². The monoisotopic (exact) mass is 259 g/mol. The van der Waals surface area contributed by atoms with Gasteiger partial charge in [0.15, 0.2) is 0 Å². The molecule has 0 radical (unpaired) electrons. The van der Waals surface area contributed by atoms with Gasteiger partial charge in [0, 0.05) is 13.0 Å². The maximum absolute atomic E-state index is 12.4. The van der Waals surface area contributed by atoms with Crippen LogP contribution in [0.4, 0.5) is 0 Å². The van der Waals surface area contributed by atoms with Gasteiger partial charge in [0.2, 0.25) is 5.91 Å². The molecule has 19 heavy (non-hydrogen) atoms. The highest BCUT2D eigenvalue weighted by molar-refractivity contribution is 5.77. The van der Waals surface area contributed by atoms with Gasteiger partial charge in [-0.25, -0.2) is 0 Å². The van der Waals surface area contributed by atoms with Crippen molar-refractivity contribution in [2.45, 2.75) is 53.0 Å². The summed E-state index contributed by atoms with van der Waals surface area (Å²) in [6, 6.07) is 8.90. The molecule has 1 aliphatic heterocycles. The second-order valence-electron chi connectivity index (χ2n) is 6.89. The molecular weight excluding hydrogens is 234 g/mol. The number of benzene rings is 1. The highest BCUT2D eigenvalue weighted by Gasteiger charge is 2.31. The van der Waals surface area contributed by atoms with Gasteiger partial charge in [-0.05, 0) is 30.7 Å². The van der Waals surface area contributed by atoms with E-state index in [4.69, 9.17) is 0 Å². The molecule has 0 bridgehead atoms. The van der Waals surface area contributed by atoms with E-state index in [2.05, 4.69) is 56.9 Å². The smallest absolute Gasteiger partial charge is 0.223 e. The summed E-state index contributed by atoms with van der Waals surface area (Å²) in [5, 5.41) is 0. The van der Waals surface area contributed by atoms with Crippen molar-refractivity contribution in [3.63, 3.8) is 0 Å². The summed E-state index contributed by atoms with van der Waals surface area (Å²) in [6.07, 6.45) is 2.85. The molecule has 104 valence electrons. The molecule has 0 aliphatic carbocycles. The Labute approximate surface area is 116 Å². The lowest BCUT2D eigenvalue weighted by Crippen LogP contribution is -2.33. The molecule has 1 amide bonds. The third-order valence-electron chi connectivity index (χ3n) is 3.72. The molecule has 1 aromatic rings. The van der Waals surface area contributed by atoms with E-state index < -0.39 is 0 Å². The number of hydrogen-bond acceptors (Lipinski definition) is 1. The van der Waals surface area contributed by atoms with Gasteiger partial charge in [-0.3, -0.25) is 4.79 Å². The number of amides is 1. The average molecular weight is 259 g/mol. The Bertz CT molecular complexity index is 441. The van der Waals surface area contributed by atoms with Crippen LogP contribution >= 0.6 is 0 Å². The fourth-order valence-electron chi connectivity index (χ4n) is 2.76. The molecule has 2 heteroatoms. The van der Waals surface area contributed by atoms with Crippen LogP contribution in [0.15, 0.2) is 24.3 Å². The first-order valence-corrected chi connectivity index (χ1v) is 7.23. The molecule has 0 N–H and O–H groups in total. The molecule has 1 aliphatic rings. The molecule has 1 unspecified atom stereocenters. The van der Waals surface area contributed by atoms with E-state index in [-0.39, 0.29) is 11.5 Å². The number of nitrogens with zero attached hydrogens (tertiary/aromatic N) is 1. The van der Waals surface area contributed by atoms with E-state index in [1.807, 2.05) is 0 Å². The van der Waals surface area contributed by atoms with Gasteiger partial charge >= 0.3 is 0 Å². The maximum atomic E-state index is 12.4. The van der Waals surface area contributed by atoms with Gasteiger partial charge in [-0.1, -0.05) is 50.6 Å². The number of hydrogen-bond donors (Lipinski definition) is 0. The normalized spacial score (nSPS) is 19.8. The Morgan fingerprint density at radius 3 is 2.47 bits per heavy atom. The van der Waals surface area contributed by atoms with Crippen LogP contribution in [0.1, 0.15) is 57.2 Å². The van der Waals surface area contributed by atoms with E-state index in [1.54, 1.807) is 0 Å². The van der Waals surface area contributed by atoms with Crippen LogP contribution in [-0.4, -0.2) is 17.4 Å². The van der Waals surface area contributed by atoms with Crippen LogP contribution in [-0.2, 0) is 4.79 Å². The summed E-state index contributed by atoms with van der Waals surface area (Å²) in [6.45, 7) is 9.39. The minimum absolute atomic E-state index is 0.0670. The number of likely N-dealkylation sites (tertiary alicyclic amines) is 1. The highest BCUT2D eigenvalue weighted by Crippen LogP contribution is 2.34. The van der Waals surface area contributed by atoms with E-state index in [0.29, 0.717) is 12.3 Å². The topological polar surface area (TPSA) is 20.3 Å². The quantitative estimate of drug-likeness (QED) is 0.783. The molecule has 1 atom stereocenters. The van der Waals surface area contributed by atoms with Gasteiger partial charge in [0.1, 0.15) is 0 Å². The molecule has 2 nitrogen and oxygen atoms in total. The lowest BCUT2D eigenvalue weighted by molar-refractivity contribution is -0.134. The number of aryl methyl sites for hydroxylation is 1. The molecule has 0 aromatic heterocycles. The molecule has 0 saturated carbocycles. The Balaban J connectivity index is 2.12. The summed E-state index contributed by atoms with van der Waals surface area (Å²) in [5.41, 5.74) is 2.62. The van der Waals surface area contributed by atoms with E-state index in [1.165, 1.54) is 11.1 Å². The summed E-state index contributed by atoms with van der Waals surface area (Å²) >= 11 is 0. The molecule has 1 fully saturated rings. The third kappa shape index (κ3) is 3.59. The van der Waals surface area contributed by atoms with Crippen LogP contribution in [0, 0.1) is 12.3 Å². The van der Waals surface area contributed by atoms with Gasteiger partial charge in [0.25, 0.3) is 0 Å². The first-order chi connectivity index (χ1) is 8.87. The Hall–Kier alpha value is -1.31. The first kappa shape index (κ1) is 14.1. The van der Waals surface area contributed by atoms with Gasteiger partial charge in [0.05, 0.1) is 6.04 Å². The zero-order chi connectivity index (χ0) is 14.0. The lowest BCUT2D eigenvalue weighted by Gasteiger charge is -2.28. The van der Waals surface area contributed by atoms with Gasteiger partial charge < -0.3 is 4.90 Å². The number of carbonyl (C=O) groups is 1. The second-order valence-corrected chi connectivity index (χ2v) is 6.89. The molecule has 1 heterocycles. The maximum Gasteiger partial charge on any atom is 0.223 e. The van der Waals surface area contributed by atoms with Crippen molar-refractivity contribution in [2.24, 2.45) is 5.41 Å². The second kappa shape index (κ2) is 5.36. The zero-order valence-electron chi connectivity index (χ0n) is 12.6. The summed E-state index contributed by atoms with van der Waals surface area (Å²) < 4.78 is 0. The zero-order valence-corrected chi connectivity index (χ0v) is 12.6. The molecular formula is C17H25NO. The van der Waals surface area contributed by atoms with E-state index in [9.17, 15) is 4.79 Å². The highest BCUT2D eigenvalue weighted by atomic mass is 16.2. The summed E-state index contributed by atoms with van der Waals surface area (Å²) in [7, 11) is 0. The summed E-state index contributed by atoms with van der Waals surface area (Å²) in [4.78, 5) is 14.5. The lowest BCUT2D eigenvalue weighted by atomic mass is 9.91. The van der Waals surface area contributed by atoms with E-state index in [0.717, 1.165) is 19.4 Å². The van der Waals surface area contributed by atoms with Crippen LogP contribution in [0.25, 0.3) is 0 Å².